The Morgan fingerprint density at radius 1 is 1.16 bits per heavy atom. The third kappa shape index (κ3) is 8.01. The largest absolute Gasteiger partial charge is 0.471 e. The van der Waals surface area contributed by atoms with Gasteiger partial charge in [0.15, 0.2) is 5.82 Å². The molecule has 0 spiro atoms. The van der Waals surface area contributed by atoms with Gasteiger partial charge in [0.25, 0.3) is 5.91 Å². The molecule has 0 radical (unpaired) electrons. The van der Waals surface area contributed by atoms with Crippen LogP contribution in [0.1, 0.15) is 49.3 Å². The van der Waals surface area contributed by atoms with Crippen LogP contribution in [-0.4, -0.2) is 98.4 Å². The maximum absolute atomic E-state index is 13.9. The quantitative estimate of drug-likeness (QED) is 0.426. The molecular weight excluding hydrogens is 642 g/mol. The van der Waals surface area contributed by atoms with Crippen LogP contribution in [0.15, 0.2) is 18.2 Å². The molecule has 1 fully saturated rings. The molecule has 12 nitrogen and oxygen atoms in total. The second kappa shape index (κ2) is 15.0. The van der Waals surface area contributed by atoms with E-state index in [0.29, 0.717) is 34.9 Å². The van der Waals surface area contributed by atoms with Crippen molar-refractivity contribution in [2.24, 2.45) is 0 Å². The van der Waals surface area contributed by atoms with E-state index in [1.807, 2.05) is 25.8 Å². The second-order valence-electron chi connectivity index (χ2n) is 11.2. The molecule has 2 amide bonds. The lowest BCUT2D eigenvalue weighted by Crippen LogP contribution is -2.49. The van der Waals surface area contributed by atoms with Crippen molar-refractivity contribution in [1.82, 2.24) is 20.0 Å². The minimum Gasteiger partial charge on any atom is -0.448 e. The van der Waals surface area contributed by atoms with Crippen LogP contribution in [0.3, 0.4) is 0 Å². The SMILES string of the molecule is CCOC(=O)n1nc(NC(=O)c2ccc(N3CCN(C)CC3)cc2N(C(=O)C(F)(F)F)[C@@H](C)COC)c2c1C(C)(C)NC2.Cl.Cl. The summed E-state index contributed by atoms with van der Waals surface area (Å²) in [4.78, 5) is 44.0. The summed E-state index contributed by atoms with van der Waals surface area (Å²) in [5, 5.41) is 10.2. The van der Waals surface area contributed by atoms with E-state index in [-0.39, 0.29) is 61.6 Å². The number of methoxy groups -OCH3 is 1. The van der Waals surface area contributed by atoms with Crippen LogP contribution in [0.2, 0.25) is 0 Å². The van der Waals surface area contributed by atoms with Crippen molar-refractivity contribution < 1.29 is 37.0 Å². The molecule has 1 saturated heterocycles. The molecule has 1 aromatic carbocycles. The number of likely N-dealkylation sites (N-methyl/N-ethyl adjacent to an activating group) is 1. The molecule has 4 rings (SSSR count). The van der Waals surface area contributed by atoms with Gasteiger partial charge in [-0.2, -0.15) is 17.9 Å². The van der Waals surface area contributed by atoms with Gasteiger partial charge in [0.05, 0.1) is 41.7 Å². The minimum absolute atomic E-state index is 0. The average molecular weight is 683 g/mol. The maximum Gasteiger partial charge on any atom is 0.471 e. The molecule has 0 bridgehead atoms. The highest BCUT2D eigenvalue weighted by Gasteiger charge is 2.46. The van der Waals surface area contributed by atoms with E-state index < -0.39 is 35.7 Å². The number of anilines is 3. The van der Waals surface area contributed by atoms with Crippen LogP contribution in [0.4, 0.5) is 35.2 Å². The highest BCUT2D eigenvalue weighted by Crippen LogP contribution is 2.37. The van der Waals surface area contributed by atoms with Crippen LogP contribution < -0.4 is 20.4 Å². The van der Waals surface area contributed by atoms with Gasteiger partial charge in [-0.1, -0.05) is 0 Å². The molecular formula is C28H40Cl2F3N7O5. The van der Waals surface area contributed by atoms with Gasteiger partial charge in [-0.3, -0.25) is 14.5 Å². The van der Waals surface area contributed by atoms with Gasteiger partial charge in [0.2, 0.25) is 0 Å². The average Bonchev–Trinajstić information content (AvgIpc) is 3.46. The van der Waals surface area contributed by atoms with Crippen molar-refractivity contribution in [3.63, 3.8) is 0 Å². The predicted molar refractivity (Wildman–Crippen MR) is 168 cm³/mol. The van der Waals surface area contributed by atoms with E-state index in [0.717, 1.165) is 17.8 Å². The number of carbonyl (C=O) groups is 3. The van der Waals surface area contributed by atoms with Gasteiger partial charge in [0, 0.05) is 51.1 Å². The van der Waals surface area contributed by atoms with Crippen LogP contribution >= 0.6 is 24.8 Å². The van der Waals surface area contributed by atoms with E-state index in [2.05, 4.69) is 20.6 Å². The summed E-state index contributed by atoms with van der Waals surface area (Å²) in [7, 11) is 3.29. The van der Waals surface area contributed by atoms with Gasteiger partial charge in [-0.05, 0) is 52.9 Å². The number of ether oxygens (including phenoxy) is 2. The summed E-state index contributed by atoms with van der Waals surface area (Å²) in [6, 6.07) is 3.42. The summed E-state index contributed by atoms with van der Waals surface area (Å²) in [6.45, 7) is 9.63. The lowest BCUT2D eigenvalue weighted by molar-refractivity contribution is -0.171. The molecule has 2 aromatic rings. The van der Waals surface area contributed by atoms with Gasteiger partial charge in [-0.15, -0.1) is 29.9 Å². The van der Waals surface area contributed by atoms with E-state index in [1.54, 1.807) is 13.0 Å². The fraction of sp³-hybridized carbons (Fsp3) is 0.571. The highest BCUT2D eigenvalue weighted by atomic mass is 35.5. The maximum atomic E-state index is 13.9. The van der Waals surface area contributed by atoms with Gasteiger partial charge in [0.1, 0.15) is 0 Å². The normalized spacial score (nSPS) is 16.6. The first-order valence-corrected chi connectivity index (χ1v) is 14.0. The molecule has 0 aliphatic carbocycles. The Morgan fingerprint density at radius 3 is 2.38 bits per heavy atom. The number of piperazine rings is 1. The summed E-state index contributed by atoms with van der Waals surface area (Å²) >= 11 is 0. The third-order valence-corrected chi connectivity index (χ3v) is 7.62. The van der Waals surface area contributed by atoms with Gasteiger partial charge in [-0.25, -0.2) is 4.79 Å². The number of fused-ring (bicyclic) bond motifs is 1. The Bertz CT molecular complexity index is 1380. The zero-order chi connectivity index (χ0) is 31.7. The first kappa shape index (κ1) is 38.1. The molecule has 17 heteroatoms. The monoisotopic (exact) mass is 681 g/mol. The van der Waals surface area contributed by atoms with Crippen molar-refractivity contribution in [1.29, 1.82) is 0 Å². The van der Waals surface area contributed by atoms with E-state index in [9.17, 15) is 27.6 Å². The number of hydrogen-bond donors (Lipinski definition) is 2. The lowest BCUT2D eigenvalue weighted by atomic mass is 10.0. The third-order valence-electron chi connectivity index (χ3n) is 7.62. The number of aromatic nitrogens is 2. The molecule has 1 atom stereocenters. The lowest BCUT2D eigenvalue weighted by Gasteiger charge is -2.36. The standard InChI is InChI=1S/C28H38F3N7O5.2ClH/c1-7-43-26(41)38-22-20(15-32-27(22,3)4)23(34-38)33-24(39)19-9-8-18(36-12-10-35(5)11-13-36)14-21(19)37(17(2)16-42-6)25(40)28(29,30)31;;/h8-9,14,17,32H,7,10-13,15-16H2,1-6H3,(H,33,34,39);2*1H/t17-;;/m0../s1. The number of halogens is 5. The fourth-order valence-electron chi connectivity index (χ4n) is 5.42. The zero-order valence-electron chi connectivity index (χ0n) is 26.0. The predicted octanol–water partition coefficient (Wildman–Crippen LogP) is 4.00. The van der Waals surface area contributed by atoms with E-state index in [1.165, 1.54) is 26.2 Å². The smallest absolute Gasteiger partial charge is 0.448 e. The number of rotatable bonds is 8. The molecule has 45 heavy (non-hydrogen) atoms. The summed E-state index contributed by atoms with van der Waals surface area (Å²) in [6.07, 6.45) is -5.95. The van der Waals surface area contributed by atoms with Crippen LogP contribution in [0.25, 0.3) is 0 Å². The van der Waals surface area contributed by atoms with Crippen molar-refractivity contribution in [2.75, 3.05) is 68.7 Å². The highest BCUT2D eigenvalue weighted by molar-refractivity contribution is 6.12. The van der Waals surface area contributed by atoms with Crippen LogP contribution in [0, 0.1) is 0 Å². The van der Waals surface area contributed by atoms with Crippen LogP contribution in [0.5, 0.6) is 0 Å². The number of nitrogens with one attached hydrogen (secondary N) is 2. The number of carbonyl (C=O) groups excluding carboxylic acids is 3. The topological polar surface area (TPSA) is 121 Å². The number of nitrogens with zero attached hydrogens (tertiary/aromatic N) is 5. The van der Waals surface area contributed by atoms with Crippen molar-refractivity contribution in [3.8, 4) is 0 Å². The summed E-state index contributed by atoms with van der Waals surface area (Å²) < 4.78 is 53.1. The molecule has 3 heterocycles. The molecule has 2 aliphatic heterocycles. The van der Waals surface area contributed by atoms with Crippen LogP contribution in [-0.2, 0) is 26.4 Å². The molecule has 2 aliphatic rings. The van der Waals surface area contributed by atoms with Crippen molar-refractivity contribution in [3.05, 3.63) is 35.0 Å². The van der Waals surface area contributed by atoms with Crippen molar-refractivity contribution >= 4 is 59.9 Å². The number of alkyl halides is 3. The Kier molecular flexibility index (Phi) is 12.7. The van der Waals surface area contributed by atoms with Gasteiger partial charge >= 0.3 is 18.2 Å². The Labute approximate surface area is 272 Å². The van der Waals surface area contributed by atoms with Gasteiger partial charge < -0.3 is 29.9 Å². The summed E-state index contributed by atoms with van der Waals surface area (Å²) in [5.74, 6) is -2.87. The number of hydrogen-bond acceptors (Lipinski definition) is 9. The Balaban J connectivity index is 0.00000353. The number of amides is 2. The van der Waals surface area contributed by atoms with Crippen molar-refractivity contribution in [2.45, 2.75) is 52.0 Å². The Hall–Kier alpha value is -3.11. The number of benzene rings is 1. The van der Waals surface area contributed by atoms with E-state index in [4.69, 9.17) is 9.47 Å². The Morgan fingerprint density at radius 2 is 1.80 bits per heavy atom. The molecule has 252 valence electrons. The first-order chi connectivity index (χ1) is 20.2. The fourth-order valence-corrected chi connectivity index (χ4v) is 5.42. The summed E-state index contributed by atoms with van der Waals surface area (Å²) in [5.41, 5.74) is 0.526. The first-order valence-electron chi connectivity index (χ1n) is 14.0. The second-order valence-corrected chi connectivity index (χ2v) is 11.2. The van der Waals surface area contributed by atoms with E-state index >= 15 is 0 Å². The zero-order valence-corrected chi connectivity index (χ0v) is 27.6. The molecule has 0 unspecified atom stereocenters. The minimum atomic E-state index is -5.21. The molecule has 1 aromatic heterocycles. The molecule has 0 saturated carbocycles. The molecule has 2 N–H and O–H groups in total.